The van der Waals surface area contributed by atoms with Crippen molar-refractivity contribution in [1.29, 1.82) is 0 Å². The number of likely N-dealkylation sites (tertiary alicyclic amines) is 1. The summed E-state index contributed by atoms with van der Waals surface area (Å²) in [5.41, 5.74) is 0. The summed E-state index contributed by atoms with van der Waals surface area (Å²) in [7, 11) is -1.79. The van der Waals surface area contributed by atoms with Crippen molar-refractivity contribution in [2.24, 2.45) is 28.7 Å². The molecule has 2 amide bonds. The van der Waals surface area contributed by atoms with E-state index in [1.165, 1.54) is 4.90 Å². The highest BCUT2D eigenvalue weighted by Gasteiger charge is 2.58. The second-order valence-corrected chi connectivity index (χ2v) is 9.99. The number of sulfone groups is 1. The third-order valence-corrected chi connectivity index (χ3v) is 7.91. The van der Waals surface area contributed by atoms with Crippen LogP contribution in [0.4, 0.5) is 0 Å². The Morgan fingerprint density at radius 2 is 1.61 bits per heavy atom. The Kier molecular flexibility index (Phi) is 7.40. The second-order valence-electron chi connectivity index (χ2n) is 7.89. The first kappa shape index (κ1) is 23.7. The Bertz CT molecular complexity index is 966. The number of rotatable bonds is 7. The van der Waals surface area contributed by atoms with Crippen LogP contribution in [-0.4, -0.2) is 63.5 Å². The highest BCUT2D eigenvalue weighted by Crippen LogP contribution is 2.52. The van der Waals surface area contributed by atoms with Crippen molar-refractivity contribution in [2.45, 2.75) is 11.3 Å². The minimum atomic E-state index is -3.37. The molecule has 8 nitrogen and oxygen atoms in total. The fraction of sp³-hybridized carbons (Fsp3) is 0.476. The summed E-state index contributed by atoms with van der Waals surface area (Å²) in [4.78, 5) is 31.1. The van der Waals surface area contributed by atoms with Gasteiger partial charge in [-0.25, -0.2) is 8.42 Å². The van der Waals surface area contributed by atoms with Crippen LogP contribution in [0.15, 0.2) is 52.4 Å². The van der Waals surface area contributed by atoms with Gasteiger partial charge in [-0.1, -0.05) is 30.4 Å². The lowest BCUT2D eigenvalue weighted by Gasteiger charge is -2.18. The first-order valence-electron chi connectivity index (χ1n) is 10.2. The van der Waals surface area contributed by atoms with Gasteiger partial charge >= 0.3 is 0 Å². The van der Waals surface area contributed by atoms with Gasteiger partial charge in [-0.15, -0.1) is 24.0 Å². The van der Waals surface area contributed by atoms with Crippen LogP contribution in [0, 0.1) is 23.7 Å². The van der Waals surface area contributed by atoms with Crippen molar-refractivity contribution in [3.63, 3.8) is 0 Å². The van der Waals surface area contributed by atoms with E-state index in [4.69, 9.17) is 0 Å². The Hall–Kier alpha value is -1.95. The number of amides is 2. The van der Waals surface area contributed by atoms with E-state index in [1.807, 2.05) is 0 Å². The average Bonchev–Trinajstić information content (AvgIpc) is 3.42. The van der Waals surface area contributed by atoms with Gasteiger partial charge in [0.1, 0.15) is 0 Å². The molecule has 0 aromatic heterocycles. The number of aliphatic imine (C=N–C) groups is 1. The van der Waals surface area contributed by atoms with E-state index in [-0.39, 0.29) is 83.2 Å². The summed E-state index contributed by atoms with van der Waals surface area (Å²) in [6, 6.07) is 8.30. The van der Waals surface area contributed by atoms with E-state index in [0.717, 1.165) is 6.42 Å². The largest absolute Gasteiger partial charge is 0.355 e. The number of halogens is 1. The summed E-state index contributed by atoms with van der Waals surface area (Å²) in [6.45, 7) is 0.815. The zero-order valence-electron chi connectivity index (χ0n) is 17.2. The molecule has 3 aliphatic rings. The molecule has 168 valence electrons. The Labute approximate surface area is 199 Å². The molecule has 1 aliphatic heterocycles. The highest BCUT2D eigenvalue weighted by atomic mass is 127. The number of hydrogen-bond donors (Lipinski definition) is 2. The van der Waals surface area contributed by atoms with Crippen molar-refractivity contribution < 1.29 is 18.0 Å². The van der Waals surface area contributed by atoms with Gasteiger partial charge in [0.2, 0.25) is 11.8 Å². The van der Waals surface area contributed by atoms with E-state index in [0.29, 0.717) is 12.5 Å². The molecular formula is C21H27IN4O4S. The Balaban J connectivity index is 0.00000272. The number of benzene rings is 1. The topological polar surface area (TPSA) is 108 Å². The van der Waals surface area contributed by atoms with Crippen molar-refractivity contribution in [2.75, 3.05) is 32.4 Å². The average molecular weight is 558 g/mol. The fourth-order valence-corrected chi connectivity index (χ4v) is 5.92. The predicted octanol–water partition coefficient (Wildman–Crippen LogP) is 1.05. The molecule has 1 aromatic carbocycles. The number of carbonyl (C=O) groups excluding carboxylic acids is 2. The fourth-order valence-electron chi connectivity index (χ4n) is 4.74. The van der Waals surface area contributed by atoms with E-state index in [2.05, 4.69) is 27.8 Å². The minimum absolute atomic E-state index is 0. The van der Waals surface area contributed by atoms with Gasteiger partial charge in [-0.3, -0.25) is 19.5 Å². The number of imide groups is 1. The normalized spacial score (nSPS) is 26.7. The van der Waals surface area contributed by atoms with Gasteiger partial charge in [0.15, 0.2) is 15.8 Å². The monoisotopic (exact) mass is 558 g/mol. The van der Waals surface area contributed by atoms with E-state index in [9.17, 15) is 18.0 Å². The van der Waals surface area contributed by atoms with Gasteiger partial charge < -0.3 is 10.6 Å². The van der Waals surface area contributed by atoms with Crippen LogP contribution >= 0.6 is 24.0 Å². The van der Waals surface area contributed by atoms with Gasteiger partial charge in [-0.2, -0.15) is 0 Å². The number of allylic oxidation sites excluding steroid dienone is 2. The van der Waals surface area contributed by atoms with Crippen LogP contribution in [0.3, 0.4) is 0 Å². The zero-order valence-corrected chi connectivity index (χ0v) is 20.4. The predicted molar refractivity (Wildman–Crippen MR) is 128 cm³/mol. The lowest BCUT2D eigenvalue weighted by Crippen LogP contribution is -2.44. The van der Waals surface area contributed by atoms with Crippen LogP contribution in [0.5, 0.6) is 0 Å². The minimum Gasteiger partial charge on any atom is -0.355 e. The Morgan fingerprint density at radius 1 is 1.03 bits per heavy atom. The van der Waals surface area contributed by atoms with E-state index < -0.39 is 9.84 Å². The van der Waals surface area contributed by atoms with E-state index >= 15 is 0 Å². The summed E-state index contributed by atoms with van der Waals surface area (Å²) in [5, 5.41) is 6.02. The van der Waals surface area contributed by atoms with Crippen molar-refractivity contribution in [3.8, 4) is 0 Å². The van der Waals surface area contributed by atoms with Crippen LogP contribution in [0.2, 0.25) is 0 Å². The van der Waals surface area contributed by atoms with Gasteiger partial charge in [-0.05, 0) is 30.4 Å². The summed E-state index contributed by atoms with van der Waals surface area (Å²) in [6.07, 6.45) is 5.07. The van der Waals surface area contributed by atoms with Crippen LogP contribution in [0.25, 0.3) is 0 Å². The van der Waals surface area contributed by atoms with Crippen LogP contribution in [-0.2, 0) is 19.4 Å². The molecule has 4 unspecified atom stereocenters. The van der Waals surface area contributed by atoms with Crippen molar-refractivity contribution in [1.82, 2.24) is 15.5 Å². The first-order chi connectivity index (χ1) is 14.4. The molecule has 2 aliphatic carbocycles. The summed E-state index contributed by atoms with van der Waals surface area (Å²) >= 11 is 0. The maximum Gasteiger partial charge on any atom is 0.233 e. The Morgan fingerprint density at radius 3 is 2.19 bits per heavy atom. The number of guanidine groups is 1. The molecule has 1 saturated heterocycles. The number of hydrogen-bond acceptors (Lipinski definition) is 5. The summed E-state index contributed by atoms with van der Waals surface area (Å²) < 4.78 is 24.7. The third kappa shape index (κ3) is 4.64. The summed E-state index contributed by atoms with van der Waals surface area (Å²) in [5.74, 6) is 0.257. The third-order valence-electron chi connectivity index (χ3n) is 6.18. The first-order valence-corrected chi connectivity index (χ1v) is 11.8. The quantitative estimate of drug-likeness (QED) is 0.170. The molecule has 1 saturated carbocycles. The molecule has 4 rings (SSSR count). The second kappa shape index (κ2) is 9.68. The highest BCUT2D eigenvalue weighted by molar-refractivity contribution is 14.0. The van der Waals surface area contributed by atoms with Crippen LogP contribution in [0.1, 0.15) is 6.42 Å². The smallest absolute Gasteiger partial charge is 0.233 e. The molecule has 2 bridgehead atoms. The van der Waals surface area contributed by atoms with E-state index in [1.54, 1.807) is 37.4 Å². The molecule has 1 heterocycles. The molecule has 4 atom stereocenters. The van der Waals surface area contributed by atoms with Gasteiger partial charge in [0.25, 0.3) is 0 Å². The maximum absolute atomic E-state index is 12.7. The lowest BCUT2D eigenvalue weighted by molar-refractivity contribution is -0.140. The van der Waals surface area contributed by atoms with Crippen LogP contribution < -0.4 is 10.6 Å². The zero-order chi connectivity index (χ0) is 21.3. The SMILES string of the molecule is CN=C(NCCN1C(=O)C2C3C=CC(C3)C2C1=O)NCCS(=O)(=O)c1ccccc1.I. The van der Waals surface area contributed by atoms with Crippen molar-refractivity contribution in [3.05, 3.63) is 42.5 Å². The number of fused-ring (bicyclic) bond motifs is 5. The molecular weight excluding hydrogens is 531 g/mol. The number of carbonyl (C=O) groups is 2. The number of nitrogens with one attached hydrogen (secondary N) is 2. The molecule has 0 spiro atoms. The van der Waals surface area contributed by atoms with Crippen molar-refractivity contribution >= 4 is 51.6 Å². The molecule has 2 N–H and O–H groups in total. The maximum atomic E-state index is 12.7. The lowest BCUT2D eigenvalue weighted by atomic mass is 9.85. The molecule has 31 heavy (non-hydrogen) atoms. The number of nitrogens with zero attached hydrogens (tertiary/aromatic N) is 2. The molecule has 0 radical (unpaired) electrons. The van der Waals surface area contributed by atoms with Gasteiger partial charge in [0.05, 0.1) is 22.5 Å². The molecule has 1 aromatic rings. The standard InChI is InChI=1S/C21H26N4O4S.HI/c1-22-21(24-10-12-30(28,29)16-5-3-2-4-6-16)23-9-11-25-19(26)17-14-7-8-15(13-14)18(17)20(25)27;/h2-8,14-15,17-18H,9-13H2,1H3,(H2,22,23,24);1H. The molecule has 2 fully saturated rings. The van der Waals surface area contributed by atoms with Gasteiger partial charge in [0, 0.05) is 26.7 Å². The molecule has 10 heteroatoms.